The zero-order valence-corrected chi connectivity index (χ0v) is 14.1. The lowest BCUT2D eigenvalue weighted by molar-refractivity contribution is 0.826. The number of hydrogen-bond donors (Lipinski definition) is 2. The summed E-state index contributed by atoms with van der Waals surface area (Å²) < 4.78 is 0. The molecule has 1 aromatic carbocycles. The Bertz CT molecular complexity index is 604. The molecule has 0 amide bonds. The number of benzene rings is 1. The number of halogens is 2. The summed E-state index contributed by atoms with van der Waals surface area (Å²) in [5.74, 6) is 1.46. The first-order valence-corrected chi connectivity index (χ1v) is 8.19. The Kier molecular flexibility index (Phi) is 6.74. The van der Waals surface area contributed by atoms with Gasteiger partial charge in [-0.1, -0.05) is 42.6 Å². The van der Waals surface area contributed by atoms with Gasteiger partial charge in [0.15, 0.2) is 0 Å². The van der Waals surface area contributed by atoms with E-state index in [4.69, 9.17) is 23.2 Å². The molecule has 1 aromatic heterocycles. The molecule has 0 atom stereocenters. The van der Waals surface area contributed by atoms with Crippen molar-refractivity contribution in [1.29, 1.82) is 0 Å². The second-order valence-corrected chi connectivity index (χ2v) is 5.80. The normalized spacial score (nSPS) is 10.5. The maximum atomic E-state index is 6.16. The standard InChI is InChI=1S/C16H20Cl2N4/c1-2-3-8-20-16-21-10-7-15(22-16)19-9-6-12-4-5-13(17)11-14(12)18/h4-5,7,10-11H,2-3,6,8-9H2,1H3,(H2,19,20,21,22). The number of unbranched alkanes of at least 4 members (excludes halogenated alkanes) is 1. The molecule has 2 aromatic rings. The van der Waals surface area contributed by atoms with Crippen molar-refractivity contribution in [3.63, 3.8) is 0 Å². The van der Waals surface area contributed by atoms with Crippen LogP contribution in [0.3, 0.4) is 0 Å². The van der Waals surface area contributed by atoms with Gasteiger partial charge in [0.05, 0.1) is 0 Å². The zero-order chi connectivity index (χ0) is 15.8. The van der Waals surface area contributed by atoms with Crippen molar-refractivity contribution in [1.82, 2.24) is 9.97 Å². The summed E-state index contributed by atoms with van der Waals surface area (Å²) in [7, 11) is 0. The van der Waals surface area contributed by atoms with E-state index in [0.29, 0.717) is 16.0 Å². The van der Waals surface area contributed by atoms with Crippen LogP contribution in [-0.2, 0) is 6.42 Å². The fourth-order valence-electron chi connectivity index (χ4n) is 1.97. The Morgan fingerprint density at radius 2 is 1.95 bits per heavy atom. The van der Waals surface area contributed by atoms with Crippen LogP contribution in [0.4, 0.5) is 11.8 Å². The molecule has 6 heteroatoms. The van der Waals surface area contributed by atoms with Crippen LogP contribution in [-0.4, -0.2) is 23.1 Å². The molecule has 1 heterocycles. The zero-order valence-electron chi connectivity index (χ0n) is 12.6. The molecule has 0 aliphatic heterocycles. The highest BCUT2D eigenvalue weighted by Crippen LogP contribution is 2.21. The molecular weight excluding hydrogens is 319 g/mol. The summed E-state index contributed by atoms with van der Waals surface area (Å²) >= 11 is 12.1. The Labute approximate surface area is 141 Å². The molecule has 0 radical (unpaired) electrons. The summed E-state index contributed by atoms with van der Waals surface area (Å²) in [6.45, 7) is 3.79. The van der Waals surface area contributed by atoms with Crippen LogP contribution >= 0.6 is 23.2 Å². The minimum absolute atomic E-state index is 0.653. The molecule has 0 fully saturated rings. The van der Waals surface area contributed by atoms with Gasteiger partial charge >= 0.3 is 0 Å². The fourth-order valence-corrected chi connectivity index (χ4v) is 2.47. The summed E-state index contributed by atoms with van der Waals surface area (Å²) in [4.78, 5) is 8.63. The van der Waals surface area contributed by atoms with Crippen LogP contribution in [0, 0.1) is 0 Å². The fraction of sp³-hybridized carbons (Fsp3) is 0.375. The Balaban J connectivity index is 1.84. The highest BCUT2D eigenvalue weighted by Gasteiger charge is 2.02. The number of hydrogen-bond acceptors (Lipinski definition) is 4. The first-order chi connectivity index (χ1) is 10.7. The maximum Gasteiger partial charge on any atom is 0.224 e. The molecule has 0 bridgehead atoms. The average Bonchev–Trinajstić information content (AvgIpc) is 2.50. The van der Waals surface area contributed by atoms with E-state index in [1.165, 1.54) is 0 Å². The third-order valence-corrected chi connectivity index (χ3v) is 3.77. The third-order valence-electron chi connectivity index (χ3n) is 3.18. The first-order valence-electron chi connectivity index (χ1n) is 7.43. The van der Waals surface area contributed by atoms with E-state index in [9.17, 15) is 0 Å². The SMILES string of the molecule is CCCCNc1nccc(NCCc2ccc(Cl)cc2Cl)n1. The second kappa shape index (κ2) is 8.81. The Hall–Kier alpha value is -1.52. The lowest BCUT2D eigenvalue weighted by Gasteiger charge is -2.09. The molecule has 0 unspecified atom stereocenters. The van der Waals surface area contributed by atoms with E-state index in [-0.39, 0.29) is 0 Å². The smallest absolute Gasteiger partial charge is 0.224 e. The predicted molar refractivity (Wildman–Crippen MR) is 94.1 cm³/mol. The quantitative estimate of drug-likeness (QED) is 0.688. The Morgan fingerprint density at radius 1 is 1.09 bits per heavy atom. The van der Waals surface area contributed by atoms with E-state index < -0.39 is 0 Å². The summed E-state index contributed by atoms with van der Waals surface area (Å²) in [5, 5.41) is 7.84. The van der Waals surface area contributed by atoms with Gasteiger partial charge in [-0.15, -0.1) is 0 Å². The molecule has 0 aliphatic rings. The van der Waals surface area contributed by atoms with Crippen molar-refractivity contribution in [2.45, 2.75) is 26.2 Å². The van der Waals surface area contributed by atoms with Crippen LogP contribution in [0.25, 0.3) is 0 Å². The van der Waals surface area contributed by atoms with Crippen molar-refractivity contribution in [3.05, 3.63) is 46.1 Å². The number of aromatic nitrogens is 2. The van der Waals surface area contributed by atoms with Crippen molar-refractivity contribution in [2.75, 3.05) is 23.7 Å². The van der Waals surface area contributed by atoms with Gasteiger partial charge in [0.2, 0.25) is 5.95 Å². The van der Waals surface area contributed by atoms with Gasteiger partial charge in [-0.05, 0) is 36.6 Å². The number of rotatable bonds is 8. The summed E-state index contributed by atoms with van der Waals surface area (Å²) in [6.07, 6.45) is 4.81. The maximum absolute atomic E-state index is 6.16. The van der Waals surface area contributed by atoms with Crippen LogP contribution in [0.15, 0.2) is 30.5 Å². The third kappa shape index (κ3) is 5.35. The topological polar surface area (TPSA) is 49.8 Å². The summed E-state index contributed by atoms with van der Waals surface area (Å²) in [5.41, 5.74) is 1.06. The van der Waals surface area contributed by atoms with Crippen LogP contribution < -0.4 is 10.6 Å². The van der Waals surface area contributed by atoms with Gasteiger partial charge < -0.3 is 10.6 Å². The van der Waals surface area contributed by atoms with Crippen LogP contribution in [0.5, 0.6) is 0 Å². The van der Waals surface area contributed by atoms with Crippen LogP contribution in [0.1, 0.15) is 25.3 Å². The van der Waals surface area contributed by atoms with Gasteiger partial charge in [0.25, 0.3) is 0 Å². The predicted octanol–water partition coefficient (Wildman–Crippen LogP) is 4.65. The average molecular weight is 339 g/mol. The van der Waals surface area contributed by atoms with E-state index in [1.807, 2.05) is 18.2 Å². The van der Waals surface area contributed by atoms with Crippen molar-refractivity contribution in [3.8, 4) is 0 Å². The summed E-state index contributed by atoms with van der Waals surface area (Å²) in [6, 6.07) is 7.42. The van der Waals surface area contributed by atoms with Crippen molar-refractivity contribution in [2.24, 2.45) is 0 Å². The van der Waals surface area contributed by atoms with Gasteiger partial charge in [0.1, 0.15) is 5.82 Å². The lowest BCUT2D eigenvalue weighted by atomic mass is 10.1. The number of nitrogens with one attached hydrogen (secondary N) is 2. The van der Waals surface area contributed by atoms with Gasteiger partial charge in [-0.2, -0.15) is 4.98 Å². The molecule has 2 N–H and O–H groups in total. The molecule has 0 aliphatic carbocycles. The highest BCUT2D eigenvalue weighted by molar-refractivity contribution is 6.35. The van der Waals surface area contributed by atoms with Crippen molar-refractivity contribution < 1.29 is 0 Å². The number of anilines is 2. The van der Waals surface area contributed by atoms with Crippen LogP contribution in [0.2, 0.25) is 10.0 Å². The lowest BCUT2D eigenvalue weighted by Crippen LogP contribution is -2.09. The van der Waals surface area contributed by atoms with E-state index in [1.54, 1.807) is 12.3 Å². The second-order valence-electron chi connectivity index (χ2n) is 4.96. The van der Waals surface area contributed by atoms with E-state index in [0.717, 1.165) is 43.7 Å². The molecular formula is C16H20Cl2N4. The Morgan fingerprint density at radius 3 is 2.73 bits per heavy atom. The molecule has 4 nitrogen and oxygen atoms in total. The molecule has 0 saturated carbocycles. The highest BCUT2D eigenvalue weighted by atomic mass is 35.5. The molecule has 22 heavy (non-hydrogen) atoms. The molecule has 118 valence electrons. The molecule has 0 saturated heterocycles. The van der Waals surface area contributed by atoms with Crippen molar-refractivity contribution >= 4 is 35.0 Å². The van der Waals surface area contributed by atoms with E-state index in [2.05, 4.69) is 27.5 Å². The first kappa shape index (κ1) is 16.8. The van der Waals surface area contributed by atoms with Gasteiger partial charge in [-0.25, -0.2) is 4.98 Å². The minimum atomic E-state index is 0.653. The van der Waals surface area contributed by atoms with E-state index >= 15 is 0 Å². The van der Waals surface area contributed by atoms with Gasteiger partial charge in [0, 0.05) is 29.3 Å². The number of nitrogens with zero attached hydrogens (tertiary/aromatic N) is 2. The monoisotopic (exact) mass is 338 g/mol. The largest absolute Gasteiger partial charge is 0.370 e. The minimum Gasteiger partial charge on any atom is -0.370 e. The molecule has 0 spiro atoms. The molecule has 2 rings (SSSR count). The van der Waals surface area contributed by atoms with Gasteiger partial charge in [-0.3, -0.25) is 0 Å².